The molecule has 3 N–H and O–H groups in total. The number of hydrogen-bond donors (Lipinski definition) is 3. The minimum atomic E-state index is -4.60. The molecule has 5 aromatic rings. The van der Waals surface area contributed by atoms with E-state index in [0.29, 0.717) is 43.7 Å². The van der Waals surface area contributed by atoms with Gasteiger partial charge in [0.15, 0.2) is 5.75 Å². The fraction of sp³-hybridized carbons (Fsp3) is 0.404. The lowest BCUT2D eigenvalue weighted by Gasteiger charge is -2.42. The van der Waals surface area contributed by atoms with Gasteiger partial charge < -0.3 is 29.4 Å². The predicted molar refractivity (Wildman–Crippen MR) is 249 cm³/mol. The molecule has 0 spiro atoms. The number of nitrogens with one attached hydrogen (secondary N) is 3. The number of allylic oxidation sites excluding steroid dienone is 1. The molecule has 16 nitrogen and oxygen atoms in total. The van der Waals surface area contributed by atoms with Gasteiger partial charge in [-0.3, -0.25) is 24.7 Å². The maximum Gasteiger partial charge on any atom is 0.293 e. The van der Waals surface area contributed by atoms with Gasteiger partial charge in [0.2, 0.25) is 0 Å². The molecule has 18 heteroatoms. The van der Waals surface area contributed by atoms with Crippen molar-refractivity contribution in [2.24, 2.45) is 5.41 Å². The highest BCUT2D eigenvalue weighted by Crippen LogP contribution is 2.43. The van der Waals surface area contributed by atoms with Crippen molar-refractivity contribution >= 4 is 61.2 Å². The number of hydrogen-bond acceptors (Lipinski definition) is 13. The van der Waals surface area contributed by atoms with Crippen molar-refractivity contribution in [1.82, 2.24) is 24.5 Å². The van der Waals surface area contributed by atoms with Crippen LogP contribution in [0.1, 0.15) is 49.0 Å². The van der Waals surface area contributed by atoms with E-state index in [2.05, 4.69) is 60.7 Å². The third kappa shape index (κ3) is 10.1. The Morgan fingerprint density at radius 3 is 2.57 bits per heavy atom. The van der Waals surface area contributed by atoms with Gasteiger partial charge in [-0.1, -0.05) is 49.2 Å². The number of carbonyl (C=O) groups excluding carboxylic acids is 1. The lowest BCUT2D eigenvalue weighted by atomic mass is 9.72. The lowest BCUT2D eigenvalue weighted by molar-refractivity contribution is -0.384. The summed E-state index contributed by atoms with van der Waals surface area (Å²) in [5.41, 5.74) is 6.00. The Hall–Kier alpha value is -5.56. The predicted octanol–water partition coefficient (Wildman–Crippen LogP) is 7.33. The van der Waals surface area contributed by atoms with Gasteiger partial charge in [0, 0.05) is 75.2 Å². The molecular formula is C47H53ClN8O8S. The number of nitro groups is 1. The third-order valence-corrected chi connectivity index (χ3v) is 14.5. The summed E-state index contributed by atoms with van der Waals surface area (Å²) in [4.78, 5) is 39.6. The van der Waals surface area contributed by atoms with Gasteiger partial charge in [0.1, 0.15) is 17.0 Å². The monoisotopic (exact) mass is 924 g/mol. The van der Waals surface area contributed by atoms with Crippen molar-refractivity contribution in [2.45, 2.75) is 50.2 Å². The first-order valence-corrected chi connectivity index (χ1v) is 23.9. The molecule has 1 aromatic heterocycles. The molecule has 3 saturated heterocycles. The van der Waals surface area contributed by atoms with Crippen molar-refractivity contribution in [1.29, 1.82) is 0 Å². The zero-order valence-electron chi connectivity index (χ0n) is 36.4. The van der Waals surface area contributed by atoms with Crippen LogP contribution in [0.25, 0.3) is 16.6 Å². The maximum atomic E-state index is 14.0. The molecule has 3 aliphatic heterocycles. The SMILES string of the molecule is CC1(C)CCC(CN2CCN(c3ccc(C(=O)NS(=O)(=O)c4ccc(NC[C@H]5CN(C6COC6)CCO5)c([N+](=O)[O-])c4)c(Oc4cccc5[nH]cnc45)c3)CC2)=C(c2ccc(Cl)cc2)C1. The number of imidazole rings is 1. The Morgan fingerprint density at radius 2 is 1.82 bits per heavy atom. The molecule has 1 aliphatic carbocycles. The number of piperazine rings is 1. The van der Waals surface area contributed by atoms with Crippen LogP contribution in [0.3, 0.4) is 0 Å². The van der Waals surface area contributed by atoms with Gasteiger partial charge in [-0.05, 0) is 84.3 Å². The summed E-state index contributed by atoms with van der Waals surface area (Å²) in [7, 11) is -4.60. The molecule has 4 heterocycles. The molecule has 4 aliphatic rings. The Kier molecular flexibility index (Phi) is 12.9. The highest BCUT2D eigenvalue weighted by molar-refractivity contribution is 7.90. The standard InChI is InChI=1S/C47H53ClN8O8S/c1-47(2)15-14-32(39(24-47)31-6-8-33(48)9-7-31)26-53-16-18-54(19-17-53)34-10-12-38(44(22-34)64-43-5-3-4-41-45(43)51-30-50-41)46(57)52-65(60,61)37-11-13-40(42(23-37)56(58)59)49-25-36-27-55(20-21-63-36)35-28-62-29-35/h3-13,22-23,30,35-36,49H,14-21,24-29H2,1-2H3,(H,50,51)(H,52,57)/t36-/m0/s1. The number of amides is 1. The van der Waals surface area contributed by atoms with Crippen LogP contribution >= 0.6 is 11.6 Å². The van der Waals surface area contributed by atoms with Crippen LogP contribution in [-0.2, 0) is 19.5 Å². The summed E-state index contributed by atoms with van der Waals surface area (Å²) in [6.07, 6.45) is 4.49. The largest absolute Gasteiger partial charge is 0.454 e. The zero-order valence-corrected chi connectivity index (χ0v) is 38.0. The molecule has 9 rings (SSSR count). The number of fused-ring (bicyclic) bond motifs is 1. The minimum absolute atomic E-state index is 0.0480. The van der Waals surface area contributed by atoms with E-state index in [1.165, 1.54) is 28.8 Å². The van der Waals surface area contributed by atoms with E-state index in [9.17, 15) is 23.3 Å². The minimum Gasteiger partial charge on any atom is -0.454 e. The summed E-state index contributed by atoms with van der Waals surface area (Å²) in [6.45, 7) is 12.2. The molecule has 65 heavy (non-hydrogen) atoms. The molecule has 342 valence electrons. The van der Waals surface area contributed by atoms with Crippen molar-refractivity contribution in [3.05, 3.63) is 117 Å². The fourth-order valence-corrected chi connectivity index (χ4v) is 10.2. The second kappa shape index (κ2) is 18.7. The molecule has 0 unspecified atom stereocenters. The fourth-order valence-electron chi connectivity index (χ4n) is 9.09. The van der Waals surface area contributed by atoms with Crippen molar-refractivity contribution < 1.29 is 32.3 Å². The number of carbonyl (C=O) groups is 1. The van der Waals surface area contributed by atoms with E-state index in [-0.39, 0.29) is 35.1 Å². The number of rotatable bonds is 14. The van der Waals surface area contributed by atoms with Gasteiger partial charge in [0.05, 0.1) is 59.2 Å². The summed E-state index contributed by atoms with van der Waals surface area (Å²) < 4.78 is 47.4. The number of nitrogens with zero attached hydrogens (tertiary/aromatic N) is 5. The molecule has 1 amide bonds. The first-order chi connectivity index (χ1) is 31.3. The highest BCUT2D eigenvalue weighted by Gasteiger charge is 2.33. The summed E-state index contributed by atoms with van der Waals surface area (Å²) >= 11 is 6.25. The number of ether oxygens (including phenoxy) is 3. The molecule has 0 bridgehead atoms. The Balaban J connectivity index is 0.915. The smallest absolute Gasteiger partial charge is 0.293 e. The van der Waals surface area contributed by atoms with Crippen LogP contribution in [-0.4, -0.2) is 123 Å². The Bertz CT molecular complexity index is 2720. The van der Waals surface area contributed by atoms with Crippen molar-refractivity contribution in [3.63, 3.8) is 0 Å². The molecule has 0 saturated carbocycles. The van der Waals surface area contributed by atoms with Crippen LogP contribution in [0.2, 0.25) is 5.02 Å². The molecular weight excluding hydrogens is 872 g/mol. The number of aromatic amines is 1. The summed E-state index contributed by atoms with van der Waals surface area (Å²) in [5.74, 6) is -0.480. The van der Waals surface area contributed by atoms with Gasteiger partial charge in [-0.2, -0.15) is 0 Å². The van der Waals surface area contributed by atoms with Crippen LogP contribution in [0.15, 0.2) is 95.7 Å². The van der Waals surface area contributed by atoms with Gasteiger partial charge in [-0.15, -0.1) is 0 Å². The number of sulfonamides is 1. The Labute approximate surface area is 383 Å². The van der Waals surface area contributed by atoms with E-state index in [4.69, 9.17) is 25.8 Å². The molecule has 4 aromatic carbocycles. The van der Waals surface area contributed by atoms with Crippen LogP contribution in [0, 0.1) is 15.5 Å². The number of morpholine rings is 1. The van der Waals surface area contributed by atoms with E-state index in [0.717, 1.165) is 80.8 Å². The summed E-state index contributed by atoms with van der Waals surface area (Å²) in [6, 6.07) is 22.4. The number of nitro benzene ring substituents is 1. The zero-order chi connectivity index (χ0) is 45.3. The quantitative estimate of drug-likeness (QED) is 0.0744. The second-order valence-electron chi connectivity index (χ2n) is 18.0. The van der Waals surface area contributed by atoms with Crippen LogP contribution < -0.4 is 19.7 Å². The summed E-state index contributed by atoms with van der Waals surface area (Å²) in [5, 5.41) is 16.0. The number of para-hydroxylation sites is 1. The number of anilines is 2. The normalized spacial score (nSPS) is 19.8. The lowest BCUT2D eigenvalue weighted by Crippen LogP contribution is -2.56. The topological polar surface area (TPSA) is 184 Å². The Morgan fingerprint density at radius 1 is 1.02 bits per heavy atom. The van der Waals surface area contributed by atoms with E-state index >= 15 is 0 Å². The second-order valence-corrected chi connectivity index (χ2v) is 20.1. The number of halogens is 1. The van der Waals surface area contributed by atoms with Gasteiger partial charge >= 0.3 is 0 Å². The van der Waals surface area contributed by atoms with Crippen molar-refractivity contribution in [3.8, 4) is 11.5 Å². The first-order valence-electron chi connectivity index (χ1n) is 22.0. The van der Waals surface area contributed by atoms with E-state index < -0.39 is 31.4 Å². The van der Waals surface area contributed by atoms with Gasteiger partial charge in [-0.25, -0.2) is 18.1 Å². The van der Waals surface area contributed by atoms with E-state index in [1.807, 2.05) is 18.2 Å². The average Bonchev–Trinajstić information content (AvgIpc) is 3.76. The molecule has 3 fully saturated rings. The number of aromatic nitrogens is 2. The third-order valence-electron chi connectivity index (χ3n) is 12.9. The van der Waals surface area contributed by atoms with E-state index in [1.54, 1.807) is 36.7 Å². The maximum absolute atomic E-state index is 14.0. The number of H-pyrrole nitrogens is 1. The molecule has 1 atom stereocenters. The highest BCUT2D eigenvalue weighted by atomic mass is 35.5. The van der Waals surface area contributed by atoms with Crippen LogP contribution in [0.5, 0.6) is 11.5 Å². The van der Waals surface area contributed by atoms with Gasteiger partial charge in [0.25, 0.3) is 21.6 Å². The number of benzene rings is 4. The first kappa shape index (κ1) is 44.6. The van der Waals surface area contributed by atoms with Crippen molar-refractivity contribution in [2.75, 3.05) is 82.4 Å². The van der Waals surface area contributed by atoms with Crippen LogP contribution in [0.4, 0.5) is 17.1 Å². The molecule has 0 radical (unpaired) electrons. The average molecular weight is 926 g/mol.